The van der Waals surface area contributed by atoms with E-state index in [1.165, 1.54) is 4.90 Å². The van der Waals surface area contributed by atoms with Crippen molar-refractivity contribution in [2.45, 2.75) is 18.9 Å². The van der Waals surface area contributed by atoms with E-state index >= 15 is 0 Å². The maximum Gasteiger partial charge on any atom is 0.407 e. The fourth-order valence-electron chi connectivity index (χ4n) is 0.960. The van der Waals surface area contributed by atoms with Crippen LogP contribution in [0.2, 0.25) is 0 Å². The smallest absolute Gasteiger partial charge is 0.407 e. The fraction of sp³-hybridized carbons (Fsp3) is 0.833. The first-order valence-corrected chi connectivity index (χ1v) is 3.45. The molecule has 1 aliphatic rings. The number of nitrogens with two attached hydrogens (primary N) is 1. The molecule has 58 valence electrons. The average Bonchev–Trinajstić information content (AvgIpc) is 2.63. The molecule has 0 heterocycles. The summed E-state index contributed by atoms with van der Waals surface area (Å²) < 4.78 is 0. The molecular formula is C6H12N2O2. The van der Waals surface area contributed by atoms with Gasteiger partial charge in [-0.3, -0.25) is 0 Å². The van der Waals surface area contributed by atoms with Gasteiger partial charge in [-0.15, -0.1) is 0 Å². The van der Waals surface area contributed by atoms with Gasteiger partial charge in [-0.2, -0.15) is 0 Å². The van der Waals surface area contributed by atoms with E-state index in [2.05, 4.69) is 0 Å². The second kappa shape index (κ2) is 2.88. The van der Waals surface area contributed by atoms with Crippen molar-refractivity contribution in [3.8, 4) is 0 Å². The van der Waals surface area contributed by atoms with E-state index in [1.54, 1.807) is 0 Å². The average molecular weight is 144 g/mol. The first kappa shape index (κ1) is 7.34. The largest absolute Gasteiger partial charge is 0.465 e. The van der Waals surface area contributed by atoms with Crippen molar-refractivity contribution in [1.29, 1.82) is 0 Å². The summed E-state index contributed by atoms with van der Waals surface area (Å²) in [5.74, 6) is 0. The van der Waals surface area contributed by atoms with E-state index in [-0.39, 0.29) is 6.04 Å². The summed E-state index contributed by atoms with van der Waals surface area (Å²) in [7, 11) is 0. The van der Waals surface area contributed by atoms with Gasteiger partial charge in [0.1, 0.15) is 0 Å². The zero-order chi connectivity index (χ0) is 7.56. The summed E-state index contributed by atoms with van der Waals surface area (Å²) in [4.78, 5) is 11.9. The third kappa shape index (κ3) is 1.60. The van der Waals surface area contributed by atoms with E-state index in [9.17, 15) is 4.79 Å². The molecule has 1 amide bonds. The second-order valence-corrected chi connectivity index (χ2v) is 2.50. The van der Waals surface area contributed by atoms with Crippen LogP contribution < -0.4 is 5.73 Å². The minimum absolute atomic E-state index is 0.265. The molecule has 0 radical (unpaired) electrons. The third-order valence-corrected chi connectivity index (χ3v) is 1.60. The molecule has 0 bridgehead atoms. The number of amides is 1. The summed E-state index contributed by atoms with van der Waals surface area (Å²) in [6, 6.07) is 0.265. The second-order valence-electron chi connectivity index (χ2n) is 2.50. The van der Waals surface area contributed by atoms with E-state index in [0.717, 1.165) is 12.8 Å². The molecule has 4 nitrogen and oxygen atoms in total. The molecule has 4 heteroatoms. The molecule has 0 aromatic carbocycles. The van der Waals surface area contributed by atoms with Gasteiger partial charge in [0.15, 0.2) is 0 Å². The highest BCUT2D eigenvalue weighted by atomic mass is 16.4. The van der Waals surface area contributed by atoms with Crippen molar-refractivity contribution >= 4 is 6.09 Å². The van der Waals surface area contributed by atoms with Crippen molar-refractivity contribution in [2.75, 3.05) is 13.1 Å². The first-order valence-electron chi connectivity index (χ1n) is 3.45. The summed E-state index contributed by atoms with van der Waals surface area (Å²) >= 11 is 0. The van der Waals surface area contributed by atoms with E-state index in [1.807, 2.05) is 0 Å². The topological polar surface area (TPSA) is 66.6 Å². The van der Waals surface area contributed by atoms with Crippen LogP contribution in [0.4, 0.5) is 4.79 Å². The van der Waals surface area contributed by atoms with Crippen LogP contribution in [0.5, 0.6) is 0 Å². The molecule has 0 aromatic heterocycles. The van der Waals surface area contributed by atoms with Crippen LogP contribution >= 0.6 is 0 Å². The van der Waals surface area contributed by atoms with Crippen LogP contribution in [0.1, 0.15) is 12.8 Å². The van der Waals surface area contributed by atoms with Crippen molar-refractivity contribution in [2.24, 2.45) is 5.73 Å². The Morgan fingerprint density at radius 2 is 2.30 bits per heavy atom. The summed E-state index contributed by atoms with van der Waals surface area (Å²) in [5, 5.41) is 8.59. The molecule has 0 saturated heterocycles. The Hall–Kier alpha value is -0.770. The first-order chi connectivity index (χ1) is 4.75. The highest BCUT2D eigenvalue weighted by Crippen LogP contribution is 2.26. The minimum atomic E-state index is -0.840. The lowest BCUT2D eigenvalue weighted by atomic mass is 10.5. The van der Waals surface area contributed by atoms with Gasteiger partial charge < -0.3 is 15.7 Å². The van der Waals surface area contributed by atoms with Crippen LogP contribution in [-0.4, -0.2) is 35.2 Å². The normalized spacial score (nSPS) is 16.9. The number of carboxylic acid groups (broad SMARTS) is 1. The molecule has 1 saturated carbocycles. The minimum Gasteiger partial charge on any atom is -0.465 e. The third-order valence-electron chi connectivity index (χ3n) is 1.60. The Kier molecular flexibility index (Phi) is 2.11. The molecule has 3 N–H and O–H groups in total. The Labute approximate surface area is 59.6 Å². The van der Waals surface area contributed by atoms with Crippen molar-refractivity contribution in [1.82, 2.24) is 4.90 Å². The van der Waals surface area contributed by atoms with E-state index < -0.39 is 6.09 Å². The van der Waals surface area contributed by atoms with E-state index in [0.29, 0.717) is 13.1 Å². The molecule has 0 spiro atoms. The fourth-order valence-corrected chi connectivity index (χ4v) is 0.960. The molecule has 0 unspecified atom stereocenters. The highest BCUT2D eigenvalue weighted by molar-refractivity contribution is 5.65. The Balaban J connectivity index is 2.34. The molecule has 10 heavy (non-hydrogen) atoms. The molecule has 1 rings (SSSR count). The van der Waals surface area contributed by atoms with Gasteiger partial charge in [0.05, 0.1) is 0 Å². The molecule has 0 atom stereocenters. The Bertz CT molecular complexity index is 134. The highest BCUT2D eigenvalue weighted by Gasteiger charge is 2.31. The van der Waals surface area contributed by atoms with Gasteiger partial charge in [-0.1, -0.05) is 0 Å². The van der Waals surface area contributed by atoms with Gasteiger partial charge in [-0.05, 0) is 12.8 Å². The van der Waals surface area contributed by atoms with Gasteiger partial charge in [0.25, 0.3) is 0 Å². The lowest BCUT2D eigenvalue weighted by molar-refractivity contribution is 0.143. The van der Waals surface area contributed by atoms with Crippen LogP contribution in [-0.2, 0) is 0 Å². The van der Waals surface area contributed by atoms with Crippen molar-refractivity contribution in [3.63, 3.8) is 0 Å². The van der Waals surface area contributed by atoms with Crippen molar-refractivity contribution < 1.29 is 9.90 Å². The predicted molar refractivity (Wildman–Crippen MR) is 36.8 cm³/mol. The number of hydrogen-bond donors (Lipinski definition) is 2. The lowest BCUT2D eigenvalue weighted by Gasteiger charge is -2.16. The van der Waals surface area contributed by atoms with Crippen LogP contribution in [0.3, 0.4) is 0 Å². The van der Waals surface area contributed by atoms with Crippen molar-refractivity contribution in [3.05, 3.63) is 0 Å². The number of hydrogen-bond acceptors (Lipinski definition) is 2. The summed E-state index contributed by atoms with van der Waals surface area (Å²) in [6.07, 6.45) is 1.17. The van der Waals surface area contributed by atoms with Crippen LogP contribution in [0, 0.1) is 0 Å². The molecule has 1 fully saturated rings. The SMILES string of the molecule is NCCN(C(=O)O)C1CC1. The monoisotopic (exact) mass is 144 g/mol. The molecule has 1 aliphatic carbocycles. The van der Waals surface area contributed by atoms with Gasteiger partial charge >= 0.3 is 6.09 Å². The standard InChI is InChI=1S/C6H12N2O2/c7-3-4-8(6(9)10)5-1-2-5/h5H,1-4,7H2,(H,9,10). The maximum atomic E-state index is 10.4. The van der Waals surface area contributed by atoms with E-state index in [4.69, 9.17) is 10.8 Å². The lowest BCUT2D eigenvalue weighted by Crippen LogP contribution is -2.35. The zero-order valence-electron chi connectivity index (χ0n) is 5.79. The number of rotatable bonds is 3. The number of carbonyl (C=O) groups is 1. The van der Waals surface area contributed by atoms with Gasteiger partial charge in [0, 0.05) is 19.1 Å². The van der Waals surface area contributed by atoms with Gasteiger partial charge in [-0.25, -0.2) is 4.79 Å². The maximum absolute atomic E-state index is 10.4. The Morgan fingerprint density at radius 1 is 1.70 bits per heavy atom. The summed E-state index contributed by atoms with van der Waals surface area (Å²) in [5.41, 5.74) is 5.23. The number of nitrogens with zero attached hydrogens (tertiary/aromatic N) is 1. The summed E-state index contributed by atoms with van der Waals surface area (Å²) in [6.45, 7) is 0.892. The molecule has 0 aromatic rings. The quantitative estimate of drug-likeness (QED) is 0.589. The van der Waals surface area contributed by atoms with Gasteiger partial charge in [0.2, 0.25) is 0 Å². The Morgan fingerprint density at radius 3 is 2.60 bits per heavy atom. The molecular weight excluding hydrogens is 132 g/mol. The molecule has 0 aliphatic heterocycles. The van der Waals surface area contributed by atoms with Crippen LogP contribution in [0.15, 0.2) is 0 Å². The zero-order valence-corrected chi connectivity index (χ0v) is 5.79. The predicted octanol–water partition coefficient (Wildman–Crippen LogP) is 0.0875. The van der Waals surface area contributed by atoms with Crippen LogP contribution in [0.25, 0.3) is 0 Å².